The van der Waals surface area contributed by atoms with Crippen LogP contribution in [0, 0.1) is 12.1 Å². The Hall–Kier alpha value is -1.75. The molecule has 0 saturated heterocycles. The second-order valence-corrected chi connectivity index (χ2v) is 4.88. The van der Waals surface area contributed by atoms with E-state index in [0.717, 1.165) is 17.1 Å². The molecule has 0 atom stereocenters. The second-order valence-electron chi connectivity index (χ2n) is 4.88. The minimum atomic E-state index is 0. The molecule has 3 aromatic rings. The first-order valence-corrected chi connectivity index (χ1v) is 7.29. The number of methoxy groups -OCH3 is 2. The molecule has 0 heterocycles. The molecule has 0 bridgehead atoms. The van der Waals surface area contributed by atoms with Gasteiger partial charge in [-0.15, -0.1) is 36.4 Å². The Labute approximate surface area is 173 Å². The summed E-state index contributed by atoms with van der Waals surface area (Å²) in [5.41, 5.74) is 2.77. The molecular formula is C20H17Li2NO2. The Morgan fingerprint density at radius 3 is 1.56 bits per heavy atom. The third-order valence-electron chi connectivity index (χ3n) is 3.44. The van der Waals surface area contributed by atoms with Crippen molar-refractivity contribution in [3.8, 4) is 11.5 Å². The standard InChI is InChI=1S/C20H17NO2.2Li/c1-22-19-12-6-10-17(14-19)21(16-8-4-3-5-9-16)18-11-7-13-20(15-18)23-2;;/h3-13H,1-2H3;;/q-2;2*+1. The molecule has 3 aromatic carbocycles. The number of ether oxygens (including phenoxy) is 2. The van der Waals surface area contributed by atoms with E-state index in [1.807, 2.05) is 66.7 Å². The summed E-state index contributed by atoms with van der Waals surface area (Å²) in [6.07, 6.45) is 0. The van der Waals surface area contributed by atoms with Gasteiger partial charge in [0.15, 0.2) is 0 Å². The van der Waals surface area contributed by atoms with E-state index in [1.54, 1.807) is 14.2 Å². The van der Waals surface area contributed by atoms with Crippen LogP contribution in [0.1, 0.15) is 0 Å². The molecule has 0 spiro atoms. The molecule has 0 aliphatic rings. The summed E-state index contributed by atoms with van der Waals surface area (Å²) in [4.78, 5) is 2.06. The zero-order chi connectivity index (χ0) is 16.1. The van der Waals surface area contributed by atoms with Gasteiger partial charge in [-0.3, -0.25) is 0 Å². The smallest absolute Gasteiger partial charge is 0.523 e. The maximum absolute atomic E-state index is 5.30. The van der Waals surface area contributed by atoms with Crippen molar-refractivity contribution in [3.05, 3.63) is 78.9 Å². The molecule has 0 aliphatic carbocycles. The third kappa shape index (κ3) is 5.11. The average Bonchev–Trinajstić information content (AvgIpc) is 2.63. The molecule has 0 unspecified atom stereocenters. The van der Waals surface area contributed by atoms with Crippen molar-refractivity contribution < 1.29 is 47.2 Å². The number of anilines is 3. The third-order valence-corrected chi connectivity index (χ3v) is 3.44. The monoisotopic (exact) mass is 317 g/mol. The van der Waals surface area contributed by atoms with Gasteiger partial charge in [0.25, 0.3) is 0 Å². The minimum absolute atomic E-state index is 0. The van der Waals surface area contributed by atoms with Crippen LogP contribution in [0.4, 0.5) is 17.1 Å². The van der Waals surface area contributed by atoms with Crippen LogP contribution >= 0.6 is 0 Å². The Balaban J connectivity index is 0.00000156. The van der Waals surface area contributed by atoms with E-state index >= 15 is 0 Å². The first-order valence-electron chi connectivity index (χ1n) is 7.29. The minimum Gasteiger partial charge on any atom is -0.523 e. The van der Waals surface area contributed by atoms with Crippen LogP contribution in [0.5, 0.6) is 11.5 Å². The Morgan fingerprint density at radius 2 is 1.12 bits per heavy atom. The van der Waals surface area contributed by atoms with Gasteiger partial charge in [-0.1, -0.05) is 29.6 Å². The normalized spacial score (nSPS) is 9.36. The molecule has 116 valence electrons. The molecule has 0 N–H and O–H groups in total. The summed E-state index contributed by atoms with van der Waals surface area (Å²) >= 11 is 0. The number of hydrogen-bond acceptors (Lipinski definition) is 3. The number of para-hydroxylation sites is 1. The fraction of sp³-hybridized carbons (Fsp3) is 0.100. The number of hydrogen-bond donors (Lipinski definition) is 0. The summed E-state index contributed by atoms with van der Waals surface area (Å²) in [6.45, 7) is 0. The van der Waals surface area contributed by atoms with E-state index in [0.29, 0.717) is 11.5 Å². The molecular weight excluding hydrogens is 300 g/mol. The van der Waals surface area contributed by atoms with Crippen molar-refractivity contribution in [2.45, 2.75) is 0 Å². The molecule has 0 saturated carbocycles. The van der Waals surface area contributed by atoms with E-state index in [1.165, 1.54) is 0 Å². The predicted octanol–water partition coefficient (Wildman–Crippen LogP) is -1.22. The van der Waals surface area contributed by atoms with Gasteiger partial charge in [-0.25, -0.2) is 0 Å². The Kier molecular flexibility index (Phi) is 8.77. The molecule has 3 rings (SSSR count). The summed E-state index contributed by atoms with van der Waals surface area (Å²) < 4.78 is 10.6. The van der Waals surface area contributed by atoms with Gasteiger partial charge in [-0.2, -0.15) is 12.1 Å². The largest absolute Gasteiger partial charge is 1.00 e. The van der Waals surface area contributed by atoms with E-state index in [-0.39, 0.29) is 37.7 Å². The molecule has 0 radical (unpaired) electrons. The average molecular weight is 317 g/mol. The van der Waals surface area contributed by atoms with Crippen LogP contribution in [0.3, 0.4) is 0 Å². The fourth-order valence-electron chi connectivity index (χ4n) is 2.36. The van der Waals surface area contributed by atoms with Crippen LogP contribution < -0.4 is 52.1 Å². The quantitative estimate of drug-likeness (QED) is 0.435. The van der Waals surface area contributed by atoms with Crippen molar-refractivity contribution >= 4 is 17.1 Å². The van der Waals surface area contributed by atoms with E-state index in [9.17, 15) is 0 Å². The molecule has 25 heavy (non-hydrogen) atoms. The van der Waals surface area contributed by atoms with Crippen LogP contribution in [-0.4, -0.2) is 14.2 Å². The summed E-state index contributed by atoms with van der Waals surface area (Å²) in [5, 5.41) is 0. The van der Waals surface area contributed by atoms with Crippen molar-refractivity contribution in [2.75, 3.05) is 19.1 Å². The zero-order valence-corrected chi connectivity index (χ0v) is 15.1. The van der Waals surface area contributed by atoms with Gasteiger partial charge < -0.3 is 14.4 Å². The Morgan fingerprint density at radius 1 is 0.640 bits per heavy atom. The second kappa shape index (κ2) is 10.3. The first kappa shape index (κ1) is 21.3. The first-order chi connectivity index (χ1) is 11.3. The molecule has 0 aliphatic heterocycles. The van der Waals surface area contributed by atoms with Crippen molar-refractivity contribution in [1.82, 2.24) is 0 Å². The van der Waals surface area contributed by atoms with Gasteiger partial charge in [-0.05, 0) is 12.1 Å². The van der Waals surface area contributed by atoms with Crippen LogP contribution in [0.2, 0.25) is 0 Å². The SMILES string of the molecule is COc1[c-]c(N(c2[c-]c(OC)ccc2)c2ccccc2)ccc1.[Li+].[Li+]. The van der Waals surface area contributed by atoms with Gasteiger partial charge >= 0.3 is 37.7 Å². The molecule has 5 heteroatoms. The van der Waals surface area contributed by atoms with E-state index < -0.39 is 0 Å². The number of rotatable bonds is 5. The van der Waals surface area contributed by atoms with Gasteiger partial charge in [0.2, 0.25) is 0 Å². The molecule has 0 aromatic heterocycles. The molecule has 0 amide bonds. The Bertz CT molecular complexity index is 734. The maximum atomic E-state index is 5.30. The summed E-state index contributed by atoms with van der Waals surface area (Å²) in [6, 6.07) is 28.2. The number of nitrogens with zero attached hydrogens (tertiary/aromatic N) is 1. The molecule has 0 fully saturated rings. The van der Waals surface area contributed by atoms with E-state index in [4.69, 9.17) is 9.47 Å². The summed E-state index contributed by atoms with van der Waals surface area (Å²) in [7, 11) is 3.28. The topological polar surface area (TPSA) is 21.7 Å². The van der Waals surface area contributed by atoms with Crippen LogP contribution in [0.25, 0.3) is 0 Å². The van der Waals surface area contributed by atoms with Crippen LogP contribution in [0.15, 0.2) is 66.7 Å². The van der Waals surface area contributed by atoms with Crippen molar-refractivity contribution in [1.29, 1.82) is 0 Å². The fourth-order valence-corrected chi connectivity index (χ4v) is 2.36. The van der Waals surface area contributed by atoms with Crippen LogP contribution in [-0.2, 0) is 0 Å². The van der Waals surface area contributed by atoms with Gasteiger partial charge in [0.05, 0.1) is 14.2 Å². The maximum Gasteiger partial charge on any atom is 1.00 e. The van der Waals surface area contributed by atoms with E-state index in [2.05, 4.69) is 17.0 Å². The zero-order valence-electron chi connectivity index (χ0n) is 15.1. The van der Waals surface area contributed by atoms with Gasteiger partial charge in [0.1, 0.15) is 0 Å². The van der Waals surface area contributed by atoms with Crippen molar-refractivity contribution in [3.63, 3.8) is 0 Å². The molecule has 3 nitrogen and oxygen atoms in total. The number of benzene rings is 3. The predicted molar refractivity (Wildman–Crippen MR) is 91.9 cm³/mol. The van der Waals surface area contributed by atoms with Crippen molar-refractivity contribution in [2.24, 2.45) is 0 Å². The van der Waals surface area contributed by atoms with Gasteiger partial charge in [0, 0.05) is 17.2 Å². The summed E-state index contributed by atoms with van der Waals surface area (Å²) in [5.74, 6) is 1.37.